The summed E-state index contributed by atoms with van der Waals surface area (Å²) in [6, 6.07) is -4.84. The van der Waals surface area contributed by atoms with E-state index in [9.17, 15) is 29.1 Å². The van der Waals surface area contributed by atoms with Crippen LogP contribution < -0.4 is 21.7 Å². The second-order valence-corrected chi connectivity index (χ2v) is 7.53. The van der Waals surface area contributed by atoms with E-state index in [4.69, 9.17) is 15.9 Å². The first-order valence-corrected chi connectivity index (χ1v) is 9.55. The molecule has 0 spiro atoms. The summed E-state index contributed by atoms with van der Waals surface area (Å²) in [5, 5.41) is 34.1. The summed E-state index contributed by atoms with van der Waals surface area (Å²) in [6.45, 7) is 6.14. The minimum Gasteiger partial charge on any atom is -0.481 e. The van der Waals surface area contributed by atoms with Crippen LogP contribution in [0, 0.1) is 5.92 Å². The Bertz CT molecular complexity index is 638. The number of carboxylic acids is 2. The van der Waals surface area contributed by atoms with Crippen LogP contribution in [0.5, 0.6) is 0 Å². The number of aliphatic carboxylic acids is 2. The maximum Gasteiger partial charge on any atom is 0.328 e. The van der Waals surface area contributed by atoms with Crippen LogP contribution in [0.2, 0.25) is 0 Å². The fourth-order valence-corrected chi connectivity index (χ4v) is 2.44. The van der Waals surface area contributed by atoms with Gasteiger partial charge in [0, 0.05) is 6.42 Å². The highest BCUT2D eigenvalue weighted by atomic mass is 16.4. The molecular formula is C18H32N4O8. The van der Waals surface area contributed by atoms with Gasteiger partial charge in [-0.1, -0.05) is 13.8 Å². The Morgan fingerprint density at radius 1 is 0.867 bits per heavy atom. The van der Waals surface area contributed by atoms with Gasteiger partial charge in [0.05, 0.1) is 12.1 Å². The number of carboxylic acid groups (broad SMARTS) is 2. The van der Waals surface area contributed by atoms with Crippen LogP contribution >= 0.6 is 0 Å². The lowest BCUT2D eigenvalue weighted by atomic mass is 10.0. The van der Waals surface area contributed by atoms with Gasteiger partial charge in [-0.25, -0.2) is 4.79 Å². The molecule has 0 fully saturated rings. The lowest BCUT2D eigenvalue weighted by Gasteiger charge is -2.25. The number of nitrogens with one attached hydrogen (secondary N) is 3. The average molecular weight is 432 g/mol. The second kappa shape index (κ2) is 12.8. The molecule has 0 aromatic heterocycles. The standard InChI is InChI=1S/C18H32N4O8/c1-8(2)7-12(21-16(27)11(19)5-6-13(24)25)17(28)20-9(3)15(26)22-14(10(4)23)18(29)30/h8-12,14,23H,5-7,19H2,1-4H3,(H,20,28)(H,21,27)(H,22,26)(H,24,25)(H,29,30). The summed E-state index contributed by atoms with van der Waals surface area (Å²) < 4.78 is 0. The van der Waals surface area contributed by atoms with Crippen LogP contribution in [0.3, 0.4) is 0 Å². The molecule has 172 valence electrons. The van der Waals surface area contributed by atoms with E-state index < -0.39 is 59.9 Å². The van der Waals surface area contributed by atoms with Crippen LogP contribution in [-0.2, 0) is 24.0 Å². The van der Waals surface area contributed by atoms with Crippen molar-refractivity contribution in [3.05, 3.63) is 0 Å². The van der Waals surface area contributed by atoms with Crippen LogP contribution in [-0.4, -0.2) is 75.3 Å². The van der Waals surface area contributed by atoms with Gasteiger partial charge in [0.2, 0.25) is 17.7 Å². The summed E-state index contributed by atoms with van der Waals surface area (Å²) in [6.07, 6.45) is -1.54. The van der Waals surface area contributed by atoms with Gasteiger partial charge in [-0.05, 0) is 32.6 Å². The van der Waals surface area contributed by atoms with Gasteiger partial charge >= 0.3 is 11.9 Å². The summed E-state index contributed by atoms with van der Waals surface area (Å²) in [7, 11) is 0. The molecule has 0 heterocycles. The smallest absolute Gasteiger partial charge is 0.328 e. The van der Waals surface area contributed by atoms with Crippen molar-refractivity contribution in [1.29, 1.82) is 0 Å². The molecule has 0 bridgehead atoms. The molecule has 0 aliphatic heterocycles. The Hall–Kier alpha value is -2.73. The minimum absolute atomic E-state index is 0.00736. The highest BCUT2D eigenvalue weighted by Gasteiger charge is 2.30. The zero-order valence-electron chi connectivity index (χ0n) is 17.5. The van der Waals surface area contributed by atoms with Gasteiger partial charge in [-0.3, -0.25) is 19.2 Å². The fourth-order valence-electron chi connectivity index (χ4n) is 2.44. The Kier molecular flexibility index (Phi) is 11.6. The molecule has 8 N–H and O–H groups in total. The van der Waals surface area contributed by atoms with Crippen LogP contribution in [0.1, 0.15) is 47.0 Å². The third kappa shape index (κ3) is 10.2. The summed E-state index contributed by atoms with van der Waals surface area (Å²) >= 11 is 0. The van der Waals surface area contributed by atoms with Gasteiger partial charge < -0.3 is 37.0 Å². The fraction of sp³-hybridized carbons (Fsp3) is 0.722. The molecule has 0 saturated heterocycles. The van der Waals surface area contributed by atoms with E-state index in [2.05, 4.69) is 16.0 Å². The van der Waals surface area contributed by atoms with E-state index in [-0.39, 0.29) is 25.2 Å². The number of amides is 3. The van der Waals surface area contributed by atoms with Crippen molar-refractivity contribution in [3.8, 4) is 0 Å². The Balaban J connectivity index is 5.05. The van der Waals surface area contributed by atoms with Gasteiger partial charge in [0.25, 0.3) is 0 Å². The Morgan fingerprint density at radius 2 is 1.43 bits per heavy atom. The monoisotopic (exact) mass is 432 g/mol. The highest BCUT2D eigenvalue weighted by molar-refractivity contribution is 5.94. The largest absolute Gasteiger partial charge is 0.481 e. The van der Waals surface area contributed by atoms with Crippen LogP contribution in [0.15, 0.2) is 0 Å². The molecule has 30 heavy (non-hydrogen) atoms. The van der Waals surface area contributed by atoms with Crippen molar-refractivity contribution in [3.63, 3.8) is 0 Å². The first-order valence-electron chi connectivity index (χ1n) is 9.55. The molecular weight excluding hydrogens is 400 g/mol. The van der Waals surface area contributed by atoms with Gasteiger partial charge in [-0.2, -0.15) is 0 Å². The third-order valence-corrected chi connectivity index (χ3v) is 4.14. The van der Waals surface area contributed by atoms with E-state index in [1.807, 2.05) is 13.8 Å². The third-order valence-electron chi connectivity index (χ3n) is 4.14. The predicted octanol–water partition coefficient (Wildman–Crippen LogP) is -1.84. The number of rotatable bonds is 13. The SMILES string of the molecule is CC(C)CC(NC(=O)C(N)CCC(=O)O)C(=O)NC(C)C(=O)NC(C(=O)O)C(C)O. The molecule has 0 rings (SSSR count). The lowest BCUT2D eigenvalue weighted by Crippen LogP contribution is -2.57. The number of carbonyl (C=O) groups is 5. The topological polar surface area (TPSA) is 208 Å². The quantitative estimate of drug-likeness (QED) is 0.174. The van der Waals surface area contributed by atoms with E-state index in [1.54, 1.807) is 0 Å². The number of aliphatic hydroxyl groups is 1. The molecule has 5 atom stereocenters. The van der Waals surface area contributed by atoms with Gasteiger partial charge in [-0.15, -0.1) is 0 Å². The van der Waals surface area contributed by atoms with Crippen LogP contribution in [0.4, 0.5) is 0 Å². The van der Waals surface area contributed by atoms with E-state index in [0.29, 0.717) is 0 Å². The van der Waals surface area contributed by atoms with Crippen molar-refractivity contribution in [2.75, 3.05) is 0 Å². The first-order chi connectivity index (χ1) is 13.8. The first kappa shape index (κ1) is 27.3. The Labute approximate surface area is 174 Å². The lowest BCUT2D eigenvalue weighted by molar-refractivity contribution is -0.145. The average Bonchev–Trinajstić information content (AvgIpc) is 2.61. The maximum absolute atomic E-state index is 12.6. The Morgan fingerprint density at radius 3 is 1.87 bits per heavy atom. The molecule has 0 saturated carbocycles. The summed E-state index contributed by atoms with van der Waals surface area (Å²) in [5.74, 6) is -4.76. The zero-order chi connectivity index (χ0) is 23.6. The maximum atomic E-state index is 12.6. The van der Waals surface area contributed by atoms with E-state index in [0.717, 1.165) is 0 Å². The van der Waals surface area contributed by atoms with E-state index in [1.165, 1.54) is 13.8 Å². The predicted molar refractivity (Wildman–Crippen MR) is 105 cm³/mol. The second-order valence-electron chi connectivity index (χ2n) is 7.53. The summed E-state index contributed by atoms with van der Waals surface area (Å²) in [4.78, 5) is 58.6. The van der Waals surface area contributed by atoms with E-state index >= 15 is 0 Å². The minimum atomic E-state index is -1.55. The number of hydrogen-bond acceptors (Lipinski definition) is 7. The number of carbonyl (C=O) groups excluding carboxylic acids is 3. The van der Waals surface area contributed by atoms with Gasteiger partial charge in [0.15, 0.2) is 6.04 Å². The summed E-state index contributed by atoms with van der Waals surface area (Å²) in [5.41, 5.74) is 5.66. The zero-order valence-corrected chi connectivity index (χ0v) is 17.5. The molecule has 0 aromatic carbocycles. The number of hydrogen-bond donors (Lipinski definition) is 7. The van der Waals surface area contributed by atoms with Crippen molar-refractivity contribution in [1.82, 2.24) is 16.0 Å². The van der Waals surface area contributed by atoms with Crippen LogP contribution in [0.25, 0.3) is 0 Å². The molecule has 0 aliphatic rings. The molecule has 12 nitrogen and oxygen atoms in total. The molecule has 0 radical (unpaired) electrons. The molecule has 12 heteroatoms. The number of aliphatic hydroxyl groups excluding tert-OH is 1. The molecule has 5 unspecified atom stereocenters. The number of nitrogens with two attached hydrogens (primary N) is 1. The van der Waals surface area contributed by atoms with Crippen molar-refractivity contribution in [2.45, 2.75) is 77.2 Å². The van der Waals surface area contributed by atoms with Crippen molar-refractivity contribution < 1.29 is 39.3 Å². The highest BCUT2D eigenvalue weighted by Crippen LogP contribution is 2.07. The van der Waals surface area contributed by atoms with Crippen molar-refractivity contribution in [2.24, 2.45) is 11.7 Å². The van der Waals surface area contributed by atoms with Gasteiger partial charge in [0.1, 0.15) is 12.1 Å². The molecule has 0 aromatic rings. The van der Waals surface area contributed by atoms with Crippen molar-refractivity contribution >= 4 is 29.7 Å². The molecule has 3 amide bonds. The normalized spacial score (nSPS) is 16.0. The molecule has 0 aliphatic carbocycles.